The molecule has 0 atom stereocenters. The minimum atomic E-state index is 0.335. The van der Waals surface area contributed by atoms with Crippen LogP contribution in [0.1, 0.15) is 10.6 Å². The van der Waals surface area contributed by atoms with Crippen molar-refractivity contribution in [3.63, 3.8) is 0 Å². The summed E-state index contributed by atoms with van der Waals surface area (Å²) < 4.78 is 10.6. The van der Waals surface area contributed by atoms with Gasteiger partial charge in [0.15, 0.2) is 12.0 Å². The maximum absolute atomic E-state index is 10.6. The average Bonchev–Trinajstić information content (AvgIpc) is 3.04. The zero-order valence-electron chi connectivity index (χ0n) is 11.6. The van der Waals surface area contributed by atoms with Gasteiger partial charge in [0.2, 0.25) is 0 Å². The average molecular weight is 278 g/mol. The van der Waals surface area contributed by atoms with E-state index in [1.807, 2.05) is 48.5 Å². The fraction of sp³-hybridized carbons (Fsp3) is 0.0556. The van der Waals surface area contributed by atoms with Crippen molar-refractivity contribution in [2.24, 2.45) is 0 Å². The number of furan rings is 1. The van der Waals surface area contributed by atoms with Crippen LogP contribution in [0.5, 0.6) is 5.75 Å². The van der Waals surface area contributed by atoms with Crippen molar-refractivity contribution >= 4 is 6.29 Å². The summed E-state index contributed by atoms with van der Waals surface area (Å²) >= 11 is 0. The maximum atomic E-state index is 10.6. The summed E-state index contributed by atoms with van der Waals surface area (Å²) in [5.41, 5.74) is 3.13. The van der Waals surface area contributed by atoms with E-state index in [9.17, 15) is 4.79 Å². The molecular weight excluding hydrogens is 264 g/mol. The van der Waals surface area contributed by atoms with Crippen molar-refractivity contribution in [2.45, 2.75) is 0 Å². The van der Waals surface area contributed by atoms with Crippen LogP contribution >= 0.6 is 0 Å². The Kier molecular flexibility index (Phi) is 3.56. The van der Waals surface area contributed by atoms with Gasteiger partial charge in [-0.1, -0.05) is 36.4 Å². The molecule has 0 saturated heterocycles. The zero-order chi connectivity index (χ0) is 14.7. The Morgan fingerprint density at radius 2 is 1.67 bits per heavy atom. The third-order valence-corrected chi connectivity index (χ3v) is 3.32. The van der Waals surface area contributed by atoms with Gasteiger partial charge in [0, 0.05) is 5.56 Å². The first-order valence-corrected chi connectivity index (χ1v) is 6.60. The molecule has 1 heterocycles. The Labute approximate surface area is 122 Å². The van der Waals surface area contributed by atoms with Crippen LogP contribution in [0.4, 0.5) is 0 Å². The molecule has 0 fully saturated rings. The second-order valence-corrected chi connectivity index (χ2v) is 4.63. The summed E-state index contributed by atoms with van der Waals surface area (Å²) in [5.74, 6) is 1.86. The SMILES string of the molecule is COc1cccc(-c2ccc(-c3ccc(C=O)o3)cc2)c1. The number of carbonyl (C=O) groups excluding carboxylic acids is 1. The van der Waals surface area contributed by atoms with Crippen LogP contribution in [0.25, 0.3) is 22.5 Å². The molecule has 0 aliphatic rings. The molecule has 104 valence electrons. The fourth-order valence-electron chi connectivity index (χ4n) is 2.20. The second kappa shape index (κ2) is 5.67. The summed E-state index contributed by atoms with van der Waals surface area (Å²) in [4.78, 5) is 10.6. The van der Waals surface area contributed by atoms with E-state index in [0.717, 1.165) is 22.4 Å². The second-order valence-electron chi connectivity index (χ2n) is 4.63. The van der Waals surface area contributed by atoms with Crippen LogP contribution in [0.2, 0.25) is 0 Å². The highest BCUT2D eigenvalue weighted by atomic mass is 16.5. The zero-order valence-corrected chi connectivity index (χ0v) is 11.6. The molecule has 0 unspecified atom stereocenters. The molecule has 0 amide bonds. The number of ether oxygens (including phenoxy) is 1. The van der Waals surface area contributed by atoms with E-state index < -0.39 is 0 Å². The molecule has 3 nitrogen and oxygen atoms in total. The molecule has 3 heteroatoms. The topological polar surface area (TPSA) is 39.4 Å². The first-order chi connectivity index (χ1) is 10.3. The molecule has 0 spiro atoms. The summed E-state index contributed by atoms with van der Waals surface area (Å²) in [6, 6.07) is 19.4. The lowest BCUT2D eigenvalue weighted by atomic mass is 10.0. The molecule has 0 radical (unpaired) electrons. The third-order valence-electron chi connectivity index (χ3n) is 3.32. The van der Waals surface area contributed by atoms with Gasteiger partial charge in [-0.2, -0.15) is 0 Å². The third kappa shape index (κ3) is 2.72. The first kappa shape index (κ1) is 13.2. The fourth-order valence-corrected chi connectivity index (χ4v) is 2.20. The van der Waals surface area contributed by atoms with Crippen LogP contribution in [0.3, 0.4) is 0 Å². The number of benzene rings is 2. The Morgan fingerprint density at radius 1 is 0.905 bits per heavy atom. The molecule has 2 aromatic carbocycles. The molecule has 1 aromatic heterocycles. The van der Waals surface area contributed by atoms with Gasteiger partial charge in [-0.15, -0.1) is 0 Å². The van der Waals surface area contributed by atoms with Crippen LogP contribution in [-0.4, -0.2) is 13.4 Å². The van der Waals surface area contributed by atoms with Gasteiger partial charge in [0.05, 0.1) is 7.11 Å². The number of hydrogen-bond donors (Lipinski definition) is 0. The molecule has 0 N–H and O–H groups in total. The standard InChI is InChI=1S/C18H14O3/c1-20-16-4-2-3-15(11-16)13-5-7-14(8-6-13)18-10-9-17(12-19)21-18/h2-12H,1H3. The van der Waals surface area contributed by atoms with Crippen molar-refractivity contribution < 1.29 is 13.9 Å². The predicted octanol–water partition coefficient (Wildman–Crippen LogP) is 4.43. The van der Waals surface area contributed by atoms with Gasteiger partial charge in [-0.25, -0.2) is 0 Å². The first-order valence-electron chi connectivity index (χ1n) is 6.60. The quantitative estimate of drug-likeness (QED) is 0.662. The van der Waals surface area contributed by atoms with Crippen LogP contribution < -0.4 is 4.74 Å². The lowest BCUT2D eigenvalue weighted by Gasteiger charge is -2.05. The highest BCUT2D eigenvalue weighted by Gasteiger charge is 2.05. The predicted molar refractivity (Wildman–Crippen MR) is 81.5 cm³/mol. The summed E-state index contributed by atoms with van der Waals surface area (Å²) in [6.45, 7) is 0. The number of carbonyl (C=O) groups is 1. The minimum Gasteiger partial charge on any atom is -0.497 e. The Balaban J connectivity index is 1.91. The van der Waals surface area contributed by atoms with Crippen LogP contribution in [0, 0.1) is 0 Å². The molecule has 0 aliphatic carbocycles. The van der Waals surface area contributed by atoms with E-state index in [4.69, 9.17) is 9.15 Å². The highest BCUT2D eigenvalue weighted by Crippen LogP contribution is 2.27. The molecule has 0 bridgehead atoms. The van der Waals surface area contributed by atoms with Crippen LogP contribution in [-0.2, 0) is 0 Å². The lowest BCUT2D eigenvalue weighted by Crippen LogP contribution is -1.84. The Bertz CT molecular complexity index is 754. The largest absolute Gasteiger partial charge is 0.497 e. The molecule has 21 heavy (non-hydrogen) atoms. The van der Waals surface area contributed by atoms with Gasteiger partial charge >= 0.3 is 0 Å². The summed E-state index contributed by atoms with van der Waals surface area (Å²) in [7, 11) is 1.66. The van der Waals surface area contributed by atoms with Gasteiger partial charge in [-0.3, -0.25) is 4.79 Å². The summed E-state index contributed by atoms with van der Waals surface area (Å²) in [6.07, 6.45) is 0.702. The molecule has 0 aliphatic heterocycles. The summed E-state index contributed by atoms with van der Waals surface area (Å²) in [5, 5.41) is 0. The van der Waals surface area contributed by atoms with Gasteiger partial charge < -0.3 is 9.15 Å². The maximum Gasteiger partial charge on any atom is 0.185 e. The van der Waals surface area contributed by atoms with E-state index in [-0.39, 0.29) is 0 Å². The molecule has 3 rings (SSSR count). The lowest BCUT2D eigenvalue weighted by molar-refractivity contribution is 0.110. The molecular formula is C18H14O3. The molecule has 0 saturated carbocycles. The van der Waals surface area contributed by atoms with Crippen LogP contribution in [0.15, 0.2) is 65.1 Å². The van der Waals surface area contributed by atoms with Gasteiger partial charge in [0.25, 0.3) is 0 Å². The smallest absolute Gasteiger partial charge is 0.185 e. The van der Waals surface area contributed by atoms with E-state index in [2.05, 4.69) is 0 Å². The van der Waals surface area contributed by atoms with Crippen molar-refractivity contribution in [3.8, 4) is 28.2 Å². The van der Waals surface area contributed by atoms with E-state index in [1.54, 1.807) is 19.2 Å². The minimum absolute atomic E-state index is 0.335. The molecule has 3 aromatic rings. The number of hydrogen-bond acceptors (Lipinski definition) is 3. The van der Waals surface area contributed by atoms with Crippen molar-refractivity contribution in [2.75, 3.05) is 7.11 Å². The van der Waals surface area contributed by atoms with Crippen molar-refractivity contribution in [3.05, 3.63) is 66.4 Å². The number of methoxy groups -OCH3 is 1. The van der Waals surface area contributed by atoms with E-state index in [1.165, 1.54) is 0 Å². The van der Waals surface area contributed by atoms with E-state index in [0.29, 0.717) is 17.8 Å². The Morgan fingerprint density at radius 3 is 2.33 bits per heavy atom. The normalized spacial score (nSPS) is 10.3. The van der Waals surface area contributed by atoms with Gasteiger partial charge in [0.1, 0.15) is 11.5 Å². The number of aldehydes is 1. The Hall–Kier alpha value is -2.81. The number of rotatable bonds is 4. The van der Waals surface area contributed by atoms with E-state index >= 15 is 0 Å². The van der Waals surface area contributed by atoms with Gasteiger partial charge in [-0.05, 0) is 35.4 Å². The monoisotopic (exact) mass is 278 g/mol. The van der Waals surface area contributed by atoms with Crippen molar-refractivity contribution in [1.29, 1.82) is 0 Å². The highest BCUT2D eigenvalue weighted by molar-refractivity contribution is 5.74. The van der Waals surface area contributed by atoms with Crippen molar-refractivity contribution in [1.82, 2.24) is 0 Å².